The van der Waals surface area contributed by atoms with E-state index in [-0.39, 0.29) is 0 Å². The van der Waals surface area contributed by atoms with Gasteiger partial charge in [-0.25, -0.2) is 0 Å². The molecule has 4 nitrogen and oxygen atoms in total. The van der Waals surface area contributed by atoms with Crippen molar-refractivity contribution in [1.82, 2.24) is 9.97 Å². The zero-order valence-corrected chi connectivity index (χ0v) is 12.2. The Labute approximate surface area is 124 Å². The number of hydrogen-bond donors (Lipinski definition) is 2. The third kappa shape index (κ3) is 2.94. The highest BCUT2D eigenvalue weighted by Crippen LogP contribution is 2.25. The van der Waals surface area contributed by atoms with Gasteiger partial charge in [0.2, 0.25) is 0 Å². The van der Waals surface area contributed by atoms with Crippen molar-refractivity contribution >= 4 is 28.0 Å². The van der Waals surface area contributed by atoms with Gasteiger partial charge in [0.1, 0.15) is 0 Å². The summed E-state index contributed by atoms with van der Waals surface area (Å²) in [5, 5.41) is 7.80. The number of nitrogens with zero attached hydrogens (tertiary/aromatic N) is 2. The van der Waals surface area contributed by atoms with Crippen LogP contribution in [0.3, 0.4) is 0 Å². The Kier molecular flexibility index (Phi) is 3.69. The lowest BCUT2D eigenvalue weighted by molar-refractivity contribution is 1.19. The molecule has 21 heavy (non-hydrogen) atoms. The quantitative estimate of drug-likeness (QED) is 0.754. The van der Waals surface area contributed by atoms with Gasteiger partial charge in [-0.15, -0.1) is 0 Å². The second-order valence-corrected chi connectivity index (χ2v) is 4.95. The average Bonchev–Trinajstić information content (AvgIpc) is 2.49. The van der Waals surface area contributed by atoms with Crippen molar-refractivity contribution in [2.75, 3.05) is 17.2 Å². The second kappa shape index (κ2) is 5.79. The first-order valence-electron chi connectivity index (χ1n) is 7.08. The summed E-state index contributed by atoms with van der Waals surface area (Å²) in [5.41, 5.74) is 4.94. The smallest absolute Gasteiger partial charge is 0.0939 e. The van der Waals surface area contributed by atoms with Crippen molar-refractivity contribution in [3.05, 3.63) is 54.5 Å². The van der Waals surface area contributed by atoms with Crippen LogP contribution in [0.1, 0.15) is 12.6 Å². The Balaban J connectivity index is 1.98. The van der Waals surface area contributed by atoms with Gasteiger partial charge in [0.15, 0.2) is 0 Å². The second-order valence-electron chi connectivity index (χ2n) is 4.95. The summed E-state index contributed by atoms with van der Waals surface area (Å²) in [4.78, 5) is 8.88. The van der Waals surface area contributed by atoms with Crippen LogP contribution in [-0.2, 0) is 0 Å². The molecule has 0 saturated heterocycles. The standard InChI is InChI=1S/C17H18N4/c1-3-19-14-9-15(11-18-10-14)21-16-6-4-5-13-8-7-12(2)20-17(13)16/h4-11,19,21H,3H2,1-2H3. The lowest BCUT2D eigenvalue weighted by atomic mass is 10.1. The van der Waals surface area contributed by atoms with Crippen molar-refractivity contribution in [1.29, 1.82) is 0 Å². The van der Waals surface area contributed by atoms with Gasteiger partial charge >= 0.3 is 0 Å². The first-order chi connectivity index (χ1) is 10.3. The molecule has 0 amide bonds. The van der Waals surface area contributed by atoms with Crippen LogP contribution in [0.4, 0.5) is 17.1 Å². The summed E-state index contributed by atoms with van der Waals surface area (Å²) >= 11 is 0. The van der Waals surface area contributed by atoms with E-state index < -0.39 is 0 Å². The molecule has 0 unspecified atom stereocenters. The van der Waals surface area contributed by atoms with Gasteiger partial charge in [-0.2, -0.15) is 0 Å². The maximum absolute atomic E-state index is 4.63. The number of fused-ring (bicyclic) bond motifs is 1. The van der Waals surface area contributed by atoms with Crippen LogP contribution in [0.5, 0.6) is 0 Å². The molecular formula is C17H18N4. The van der Waals surface area contributed by atoms with Gasteiger partial charge in [0.25, 0.3) is 0 Å². The Morgan fingerprint density at radius 1 is 1.05 bits per heavy atom. The molecule has 0 aliphatic heterocycles. The highest BCUT2D eigenvalue weighted by atomic mass is 14.9. The molecule has 2 aromatic heterocycles. The van der Waals surface area contributed by atoms with Crippen LogP contribution in [-0.4, -0.2) is 16.5 Å². The first-order valence-corrected chi connectivity index (χ1v) is 7.08. The minimum atomic E-state index is 0.875. The molecule has 1 aromatic carbocycles. The van der Waals surface area contributed by atoms with E-state index in [1.54, 1.807) is 0 Å². The maximum atomic E-state index is 4.63. The topological polar surface area (TPSA) is 49.8 Å². The van der Waals surface area contributed by atoms with Crippen molar-refractivity contribution < 1.29 is 0 Å². The highest BCUT2D eigenvalue weighted by Gasteiger charge is 2.04. The van der Waals surface area contributed by atoms with Gasteiger partial charge in [-0.1, -0.05) is 18.2 Å². The average molecular weight is 278 g/mol. The van der Waals surface area contributed by atoms with Crippen molar-refractivity contribution in [3.63, 3.8) is 0 Å². The summed E-state index contributed by atoms with van der Waals surface area (Å²) in [6, 6.07) is 12.3. The number of aromatic nitrogens is 2. The van der Waals surface area contributed by atoms with Gasteiger partial charge in [0.05, 0.1) is 35.0 Å². The molecule has 0 spiro atoms. The maximum Gasteiger partial charge on any atom is 0.0939 e. The molecule has 0 fully saturated rings. The van der Waals surface area contributed by atoms with E-state index in [9.17, 15) is 0 Å². The molecule has 106 valence electrons. The predicted molar refractivity (Wildman–Crippen MR) is 88.2 cm³/mol. The van der Waals surface area contributed by atoms with Crippen molar-refractivity contribution in [2.45, 2.75) is 13.8 Å². The van der Waals surface area contributed by atoms with Crippen LogP contribution >= 0.6 is 0 Å². The van der Waals surface area contributed by atoms with Crippen molar-refractivity contribution in [2.24, 2.45) is 0 Å². The summed E-state index contributed by atoms with van der Waals surface area (Å²) in [6.07, 6.45) is 3.63. The summed E-state index contributed by atoms with van der Waals surface area (Å²) in [6.45, 7) is 4.95. The molecule has 2 N–H and O–H groups in total. The SMILES string of the molecule is CCNc1cncc(Nc2cccc3ccc(C)nc23)c1. The Morgan fingerprint density at radius 2 is 1.90 bits per heavy atom. The van der Waals surface area contributed by atoms with Crippen LogP contribution < -0.4 is 10.6 Å². The van der Waals surface area contributed by atoms with Gasteiger partial charge in [0, 0.05) is 17.6 Å². The molecule has 0 radical (unpaired) electrons. The molecule has 2 heterocycles. The minimum absolute atomic E-state index is 0.875. The number of hydrogen-bond acceptors (Lipinski definition) is 4. The normalized spacial score (nSPS) is 10.6. The summed E-state index contributed by atoms with van der Waals surface area (Å²) in [7, 11) is 0. The largest absolute Gasteiger partial charge is 0.384 e. The molecule has 0 saturated carbocycles. The molecule has 3 aromatic rings. The molecule has 0 bridgehead atoms. The Morgan fingerprint density at radius 3 is 2.76 bits per heavy atom. The summed E-state index contributed by atoms with van der Waals surface area (Å²) < 4.78 is 0. The van der Waals surface area contributed by atoms with Crippen molar-refractivity contribution in [3.8, 4) is 0 Å². The molecule has 4 heteroatoms. The lowest BCUT2D eigenvalue weighted by Gasteiger charge is -2.11. The molecule has 0 aliphatic carbocycles. The summed E-state index contributed by atoms with van der Waals surface area (Å²) in [5.74, 6) is 0. The van der Waals surface area contributed by atoms with E-state index in [0.29, 0.717) is 0 Å². The number of rotatable bonds is 4. The predicted octanol–water partition coefficient (Wildman–Crippen LogP) is 4.11. The highest BCUT2D eigenvalue weighted by molar-refractivity contribution is 5.92. The third-order valence-electron chi connectivity index (χ3n) is 3.26. The van der Waals surface area contributed by atoms with E-state index in [0.717, 1.165) is 40.2 Å². The van der Waals surface area contributed by atoms with Crippen LogP contribution in [0.15, 0.2) is 48.8 Å². The van der Waals surface area contributed by atoms with E-state index in [4.69, 9.17) is 0 Å². The zero-order chi connectivity index (χ0) is 14.7. The van der Waals surface area contributed by atoms with Crippen LogP contribution in [0.25, 0.3) is 10.9 Å². The van der Waals surface area contributed by atoms with E-state index in [1.165, 1.54) is 0 Å². The fourth-order valence-electron chi connectivity index (χ4n) is 2.31. The van der Waals surface area contributed by atoms with Gasteiger partial charge < -0.3 is 10.6 Å². The number of benzene rings is 1. The van der Waals surface area contributed by atoms with E-state index in [1.807, 2.05) is 43.6 Å². The fourth-order valence-corrected chi connectivity index (χ4v) is 2.31. The molecule has 0 aliphatic rings. The third-order valence-corrected chi connectivity index (χ3v) is 3.26. The Hall–Kier alpha value is -2.62. The monoisotopic (exact) mass is 278 g/mol. The number of para-hydroxylation sites is 1. The van der Waals surface area contributed by atoms with Gasteiger partial charge in [-0.3, -0.25) is 9.97 Å². The number of aryl methyl sites for hydroxylation is 1. The fraction of sp³-hybridized carbons (Fsp3) is 0.176. The first kappa shape index (κ1) is 13.4. The van der Waals surface area contributed by atoms with Gasteiger partial charge in [-0.05, 0) is 32.0 Å². The molecule has 0 atom stereocenters. The Bertz CT molecular complexity index is 768. The number of anilines is 3. The molecular weight excluding hydrogens is 260 g/mol. The number of pyridine rings is 2. The van der Waals surface area contributed by atoms with Crippen LogP contribution in [0.2, 0.25) is 0 Å². The van der Waals surface area contributed by atoms with Crippen LogP contribution in [0, 0.1) is 6.92 Å². The number of nitrogens with one attached hydrogen (secondary N) is 2. The van der Waals surface area contributed by atoms with E-state index in [2.05, 4.69) is 39.7 Å². The molecule has 3 rings (SSSR count). The zero-order valence-electron chi connectivity index (χ0n) is 12.2. The lowest BCUT2D eigenvalue weighted by Crippen LogP contribution is -1.99. The van der Waals surface area contributed by atoms with E-state index >= 15 is 0 Å². The minimum Gasteiger partial charge on any atom is -0.384 e.